The van der Waals surface area contributed by atoms with Gasteiger partial charge < -0.3 is 5.32 Å². The standard InChI is InChI=1S/C18H11Br2N3.BF2/c19-13-3-5-15-11(9-13)1-7-17(21-15)23-18-8-2-12-10-14(20)4-6-16(12)22-18;2-1-3/h1-10H,(H,21,22,23);. The van der Waals surface area contributed by atoms with Gasteiger partial charge in [-0.3, -0.25) is 8.63 Å². The number of aromatic nitrogens is 2. The summed E-state index contributed by atoms with van der Waals surface area (Å²) in [5.74, 6) is 1.56. The summed E-state index contributed by atoms with van der Waals surface area (Å²) in [5.41, 5.74) is 1.89. The van der Waals surface area contributed by atoms with Crippen LogP contribution in [0, 0.1) is 0 Å². The SMILES string of the molecule is Brc1ccc2nc(Nc3ccc4cc(Br)ccc4n3)ccc2c1.F[B]F. The molecule has 1 radical (unpaired) electrons. The van der Waals surface area contributed by atoms with Gasteiger partial charge in [0.05, 0.1) is 11.0 Å². The zero-order valence-corrected chi connectivity index (χ0v) is 16.4. The van der Waals surface area contributed by atoms with Gasteiger partial charge in [0.25, 0.3) is 0 Å². The van der Waals surface area contributed by atoms with Gasteiger partial charge in [0.15, 0.2) is 0 Å². The van der Waals surface area contributed by atoms with Crippen molar-refractivity contribution in [3.8, 4) is 0 Å². The van der Waals surface area contributed by atoms with Gasteiger partial charge in [-0.2, -0.15) is 0 Å². The van der Waals surface area contributed by atoms with Crippen molar-refractivity contribution in [2.24, 2.45) is 0 Å². The highest BCUT2D eigenvalue weighted by Crippen LogP contribution is 2.23. The molecule has 0 saturated heterocycles. The topological polar surface area (TPSA) is 37.8 Å². The molecule has 0 atom stereocenters. The minimum Gasteiger partial charge on any atom is -0.325 e. The molecule has 0 aliphatic rings. The second kappa shape index (κ2) is 8.55. The summed E-state index contributed by atoms with van der Waals surface area (Å²) in [4.78, 5) is 9.25. The normalized spacial score (nSPS) is 10.3. The molecule has 2 aromatic heterocycles. The van der Waals surface area contributed by atoms with Gasteiger partial charge in [-0.25, -0.2) is 9.97 Å². The average Bonchev–Trinajstić information content (AvgIpc) is 2.63. The van der Waals surface area contributed by atoms with E-state index in [1.54, 1.807) is 0 Å². The molecule has 0 amide bonds. The quantitative estimate of drug-likeness (QED) is 0.334. The molecule has 129 valence electrons. The Hall–Kier alpha value is -2.06. The Labute approximate surface area is 166 Å². The molecule has 0 spiro atoms. The number of nitrogens with zero attached hydrogens (tertiary/aromatic N) is 2. The lowest BCUT2D eigenvalue weighted by Crippen LogP contribution is -1.96. The summed E-state index contributed by atoms with van der Waals surface area (Å²) in [7, 11) is -1.00. The van der Waals surface area contributed by atoms with Gasteiger partial charge in [-0.15, -0.1) is 0 Å². The van der Waals surface area contributed by atoms with Crippen LogP contribution in [0.15, 0.2) is 69.6 Å². The van der Waals surface area contributed by atoms with Crippen LogP contribution in [0.5, 0.6) is 0 Å². The van der Waals surface area contributed by atoms with E-state index in [0.29, 0.717) is 0 Å². The third-order valence-corrected chi connectivity index (χ3v) is 4.55. The minimum atomic E-state index is -1.00. The van der Waals surface area contributed by atoms with E-state index < -0.39 is 7.83 Å². The van der Waals surface area contributed by atoms with Gasteiger partial charge in [-0.05, 0) is 60.7 Å². The molecule has 0 bridgehead atoms. The first-order valence-corrected chi connectivity index (χ1v) is 9.09. The first kappa shape index (κ1) is 18.7. The maximum absolute atomic E-state index is 9.50. The molecule has 0 unspecified atom stereocenters. The average molecular weight is 478 g/mol. The van der Waals surface area contributed by atoms with E-state index in [-0.39, 0.29) is 0 Å². The zero-order chi connectivity index (χ0) is 18.5. The number of halogens is 4. The Balaban J connectivity index is 0.000000613. The monoisotopic (exact) mass is 476 g/mol. The predicted octanol–water partition coefficient (Wildman–Crippen LogP) is 6.51. The number of anilines is 2. The van der Waals surface area contributed by atoms with Crippen LogP contribution in [-0.4, -0.2) is 17.8 Å². The van der Waals surface area contributed by atoms with E-state index in [1.807, 2.05) is 48.5 Å². The number of nitrogens with one attached hydrogen (secondary N) is 1. The number of hydrogen-bond acceptors (Lipinski definition) is 3. The molecule has 4 aromatic rings. The lowest BCUT2D eigenvalue weighted by Gasteiger charge is -2.07. The fraction of sp³-hybridized carbons (Fsp3) is 0. The Morgan fingerprint density at radius 2 is 1.12 bits per heavy atom. The van der Waals surface area contributed by atoms with Crippen LogP contribution in [0.1, 0.15) is 0 Å². The number of benzene rings is 2. The van der Waals surface area contributed by atoms with E-state index in [4.69, 9.17) is 0 Å². The summed E-state index contributed by atoms with van der Waals surface area (Å²) < 4.78 is 21.1. The molecular weight excluding hydrogens is 467 g/mol. The molecule has 0 saturated carbocycles. The number of pyridine rings is 2. The molecule has 26 heavy (non-hydrogen) atoms. The van der Waals surface area contributed by atoms with Crippen molar-refractivity contribution in [2.75, 3.05) is 5.32 Å². The lowest BCUT2D eigenvalue weighted by atomic mass is 10.2. The highest BCUT2D eigenvalue weighted by atomic mass is 79.9. The summed E-state index contributed by atoms with van der Waals surface area (Å²) in [6, 6.07) is 20.1. The molecule has 2 aromatic carbocycles. The van der Waals surface area contributed by atoms with Crippen LogP contribution in [0.3, 0.4) is 0 Å². The predicted molar refractivity (Wildman–Crippen MR) is 110 cm³/mol. The van der Waals surface area contributed by atoms with E-state index >= 15 is 0 Å². The molecule has 1 N–H and O–H groups in total. The first-order chi connectivity index (χ1) is 12.6. The highest BCUT2D eigenvalue weighted by Gasteiger charge is 2.03. The van der Waals surface area contributed by atoms with Crippen LogP contribution < -0.4 is 5.32 Å². The molecule has 3 nitrogen and oxygen atoms in total. The van der Waals surface area contributed by atoms with Crippen molar-refractivity contribution in [1.29, 1.82) is 0 Å². The maximum atomic E-state index is 9.50. The minimum absolute atomic E-state index is 0.781. The number of hydrogen-bond donors (Lipinski definition) is 1. The second-order valence-electron chi connectivity index (χ2n) is 5.27. The summed E-state index contributed by atoms with van der Waals surface area (Å²) in [6.07, 6.45) is 0. The van der Waals surface area contributed by atoms with Gasteiger partial charge in [0.2, 0.25) is 0 Å². The Morgan fingerprint density at radius 3 is 1.54 bits per heavy atom. The zero-order valence-electron chi connectivity index (χ0n) is 13.3. The Bertz CT molecular complexity index is 980. The van der Waals surface area contributed by atoms with Crippen molar-refractivity contribution in [3.63, 3.8) is 0 Å². The van der Waals surface area contributed by atoms with Gasteiger partial charge in [-0.1, -0.05) is 31.9 Å². The van der Waals surface area contributed by atoms with Crippen molar-refractivity contribution in [3.05, 3.63) is 69.6 Å². The van der Waals surface area contributed by atoms with E-state index in [0.717, 1.165) is 42.4 Å². The smallest absolute Gasteiger partial charge is 0.325 e. The van der Waals surface area contributed by atoms with Crippen LogP contribution in [-0.2, 0) is 0 Å². The highest BCUT2D eigenvalue weighted by molar-refractivity contribution is 9.10. The fourth-order valence-electron chi connectivity index (χ4n) is 2.46. The van der Waals surface area contributed by atoms with Crippen LogP contribution in [0.2, 0.25) is 0 Å². The molecule has 0 aliphatic carbocycles. The lowest BCUT2D eigenvalue weighted by molar-refractivity contribution is 0.712. The largest absolute Gasteiger partial charge is 0.577 e. The molecular formula is C18H11BBr2F2N3. The van der Waals surface area contributed by atoms with E-state index in [9.17, 15) is 8.63 Å². The fourth-order valence-corrected chi connectivity index (χ4v) is 3.22. The van der Waals surface area contributed by atoms with Gasteiger partial charge in [0, 0.05) is 19.7 Å². The van der Waals surface area contributed by atoms with Crippen LogP contribution in [0.4, 0.5) is 20.3 Å². The van der Waals surface area contributed by atoms with Crippen LogP contribution >= 0.6 is 31.9 Å². The number of rotatable bonds is 2. The van der Waals surface area contributed by atoms with E-state index in [2.05, 4.69) is 59.3 Å². The maximum Gasteiger partial charge on any atom is 0.577 e. The van der Waals surface area contributed by atoms with Crippen molar-refractivity contribution >= 4 is 73.1 Å². The van der Waals surface area contributed by atoms with Crippen molar-refractivity contribution in [2.45, 2.75) is 0 Å². The van der Waals surface area contributed by atoms with Gasteiger partial charge >= 0.3 is 7.83 Å². The van der Waals surface area contributed by atoms with E-state index in [1.165, 1.54) is 0 Å². The molecule has 8 heteroatoms. The van der Waals surface area contributed by atoms with Gasteiger partial charge in [0.1, 0.15) is 11.6 Å². The first-order valence-electron chi connectivity index (χ1n) is 7.51. The summed E-state index contributed by atoms with van der Waals surface area (Å²) in [6.45, 7) is 0. The van der Waals surface area contributed by atoms with Crippen molar-refractivity contribution < 1.29 is 8.63 Å². The Morgan fingerprint density at radius 1 is 0.692 bits per heavy atom. The third-order valence-electron chi connectivity index (χ3n) is 3.56. The molecule has 0 aliphatic heterocycles. The molecule has 4 rings (SSSR count). The third kappa shape index (κ3) is 4.56. The van der Waals surface area contributed by atoms with Crippen LogP contribution in [0.25, 0.3) is 21.8 Å². The Kier molecular flexibility index (Phi) is 6.16. The summed E-state index contributed by atoms with van der Waals surface area (Å²) in [5, 5.41) is 5.47. The molecule has 0 fully saturated rings. The molecule has 2 heterocycles. The summed E-state index contributed by atoms with van der Waals surface area (Å²) >= 11 is 6.95. The second-order valence-corrected chi connectivity index (χ2v) is 7.11. The van der Waals surface area contributed by atoms with Crippen molar-refractivity contribution in [1.82, 2.24) is 9.97 Å². The number of fused-ring (bicyclic) bond motifs is 2.